The summed E-state index contributed by atoms with van der Waals surface area (Å²) in [6.45, 7) is 0.555. The summed E-state index contributed by atoms with van der Waals surface area (Å²) in [7, 11) is 1.58. The maximum Gasteiger partial charge on any atom is 0.287 e. The Morgan fingerprint density at radius 2 is 1.86 bits per heavy atom. The van der Waals surface area contributed by atoms with Crippen LogP contribution in [-0.2, 0) is 0 Å². The first-order chi connectivity index (χ1) is 14.0. The number of nitro groups is 1. The summed E-state index contributed by atoms with van der Waals surface area (Å²) in [6.07, 6.45) is 0. The molecule has 0 radical (unpaired) electrons. The van der Waals surface area contributed by atoms with Crippen LogP contribution in [0.25, 0.3) is 11.3 Å². The summed E-state index contributed by atoms with van der Waals surface area (Å²) in [6, 6.07) is 14.2. The molecule has 0 bridgehead atoms. The van der Waals surface area contributed by atoms with Gasteiger partial charge in [-0.3, -0.25) is 14.9 Å². The van der Waals surface area contributed by atoms with Gasteiger partial charge < -0.3 is 19.2 Å². The summed E-state index contributed by atoms with van der Waals surface area (Å²) in [5.41, 5.74) is 0.333. The zero-order valence-corrected chi connectivity index (χ0v) is 16.1. The minimum Gasteiger partial charge on any atom is -0.497 e. The monoisotopic (exact) mass is 416 g/mol. The highest BCUT2D eigenvalue weighted by molar-refractivity contribution is 6.33. The summed E-state index contributed by atoms with van der Waals surface area (Å²) >= 11 is 6.09. The molecule has 2 aromatic carbocycles. The minimum absolute atomic E-state index is 0.0962. The van der Waals surface area contributed by atoms with Crippen molar-refractivity contribution in [3.05, 3.63) is 75.5 Å². The third-order valence-corrected chi connectivity index (χ3v) is 4.29. The van der Waals surface area contributed by atoms with Gasteiger partial charge in [-0.2, -0.15) is 0 Å². The Balaban J connectivity index is 1.54. The van der Waals surface area contributed by atoms with Gasteiger partial charge in [-0.15, -0.1) is 0 Å². The molecule has 0 aliphatic carbocycles. The Morgan fingerprint density at radius 3 is 2.52 bits per heavy atom. The van der Waals surface area contributed by atoms with E-state index in [9.17, 15) is 14.9 Å². The van der Waals surface area contributed by atoms with Crippen molar-refractivity contribution in [3.8, 4) is 22.8 Å². The van der Waals surface area contributed by atoms with E-state index >= 15 is 0 Å². The molecule has 1 aromatic heterocycles. The molecule has 150 valence electrons. The second kappa shape index (κ2) is 9.11. The van der Waals surface area contributed by atoms with E-state index < -0.39 is 10.8 Å². The van der Waals surface area contributed by atoms with E-state index in [1.807, 2.05) is 0 Å². The van der Waals surface area contributed by atoms with Gasteiger partial charge in [-0.1, -0.05) is 11.6 Å². The largest absolute Gasteiger partial charge is 0.497 e. The van der Waals surface area contributed by atoms with Gasteiger partial charge in [0.25, 0.3) is 11.6 Å². The highest BCUT2D eigenvalue weighted by Crippen LogP contribution is 2.32. The molecule has 1 N–H and O–H groups in total. The van der Waals surface area contributed by atoms with Gasteiger partial charge in [-0.25, -0.2) is 0 Å². The standard InChI is InChI=1S/C20H17ClN2O6/c1-27-14-3-5-15(6-4-14)28-11-10-22-20(24)19-9-8-18(29-19)16-7-2-13(23(25)26)12-17(16)21/h2-9,12H,10-11H2,1H3,(H,22,24). The van der Waals surface area contributed by atoms with Crippen LogP contribution in [0.4, 0.5) is 5.69 Å². The normalized spacial score (nSPS) is 10.4. The molecule has 0 fully saturated rings. The molecule has 9 heteroatoms. The third kappa shape index (κ3) is 5.05. The molecule has 0 atom stereocenters. The lowest BCUT2D eigenvalue weighted by Gasteiger charge is -2.07. The Morgan fingerprint density at radius 1 is 1.14 bits per heavy atom. The molecular formula is C20H17ClN2O6. The molecule has 3 aromatic rings. The van der Waals surface area contributed by atoms with Crippen molar-refractivity contribution in [2.75, 3.05) is 20.3 Å². The van der Waals surface area contributed by atoms with Crippen molar-refractivity contribution < 1.29 is 23.6 Å². The van der Waals surface area contributed by atoms with E-state index in [0.29, 0.717) is 17.1 Å². The third-order valence-electron chi connectivity index (χ3n) is 3.97. The molecule has 0 unspecified atom stereocenters. The number of hydrogen-bond donors (Lipinski definition) is 1. The predicted octanol–water partition coefficient (Wildman–Crippen LogP) is 4.33. The molecule has 0 saturated carbocycles. The number of hydrogen-bond acceptors (Lipinski definition) is 6. The van der Waals surface area contributed by atoms with Crippen LogP contribution in [0.5, 0.6) is 11.5 Å². The maximum atomic E-state index is 12.2. The fourth-order valence-corrected chi connectivity index (χ4v) is 2.78. The van der Waals surface area contributed by atoms with Crippen LogP contribution in [0.1, 0.15) is 10.6 Å². The van der Waals surface area contributed by atoms with Crippen molar-refractivity contribution in [1.82, 2.24) is 5.32 Å². The number of methoxy groups -OCH3 is 1. The predicted molar refractivity (Wildman–Crippen MR) is 107 cm³/mol. The summed E-state index contributed by atoms with van der Waals surface area (Å²) in [5.74, 6) is 1.41. The molecule has 0 aliphatic heterocycles. The molecule has 0 spiro atoms. The van der Waals surface area contributed by atoms with Gasteiger partial charge in [-0.05, 0) is 42.5 Å². The van der Waals surface area contributed by atoms with Crippen molar-refractivity contribution in [2.24, 2.45) is 0 Å². The maximum absolute atomic E-state index is 12.2. The topological polar surface area (TPSA) is 104 Å². The Kier molecular flexibility index (Phi) is 6.36. The van der Waals surface area contributed by atoms with E-state index in [1.165, 1.54) is 24.3 Å². The number of carbonyl (C=O) groups is 1. The number of furan rings is 1. The number of non-ortho nitro benzene ring substituents is 1. The SMILES string of the molecule is COc1ccc(OCCNC(=O)c2ccc(-c3ccc([N+](=O)[O-])cc3Cl)o2)cc1. The first kappa shape index (κ1) is 20.2. The fraction of sp³-hybridized carbons (Fsp3) is 0.150. The average Bonchev–Trinajstić information content (AvgIpc) is 3.21. The lowest BCUT2D eigenvalue weighted by Crippen LogP contribution is -2.27. The number of halogens is 1. The van der Waals surface area contributed by atoms with E-state index in [2.05, 4.69) is 5.32 Å². The highest BCUT2D eigenvalue weighted by atomic mass is 35.5. The lowest BCUT2D eigenvalue weighted by atomic mass is 10.1. The zero-order chi connectivity index (χ0) is 20.8. The van der Waals surface area contributed by atoms with E-state index in [4.69, 9.17) is 25.5 Å². The molecule has 0 aliphatic rings. The van der Waals surface area contributed by atoms with E-state index in [0.717, 1.165) is 5.75 Å². The summed E-state index contributed by atoms with van der Waals surface area (Å²) in [5, 5.41) is 13.6. The molecule has 1 heterocycles. The van der Waals surface area contributed by atoms with Crippen LogP contribution in [0.15, 0.2) is 59.0 Å². The smallest absolute Gasteiger partial charge is 0.287 e. The second-order valence-electron chi connectivity index (χ2n) is 5.87. The number of benzene rings is 2. The van der Waals surface area contributed by atoms with Gasteiger partial charge in [0.1, 0.15) is 23.9 Å². The zero-order valence-electron chi connectivity index (χ0n) is 15.4. The van der Waals surface area contributed by atoms with Crippen molar-refractivity contribution in [1.29, 1.82) is 0 Å². The first-order valence-electron chi connectivity index (χ1n) is 8.57. The van der Waals surface area contributed by atoms with Crippen LogP contribution in [0, 0.1) is 10.1 Å². The van der Waals surface area contributed by atoms with Gasteiger partial charge >= 0.3 is 0 Å². The lowest BCUT2D eigenvalue weighted by molar-refractivity contribution is -0.384. The van der Waals surface area contributed by atoms with Crippen molar-refractivity contribution >= 4 is 23.2 Å². The van der Waals surface area contributed by atoms with Crippen LogP contribution >= 0.6 is 11.6 Å². The number of nitro benzene ring substituents is 1. The molecular weight excluding hydrogens is 400 g/mol. The van der Waals surface area contributed by atoms with Gasteiger partial charge in [0.05, 0.1) is 23.6 Å². The number of ether oxygens (including phenoxy) is 2. The molecule has 3 rings (SSSR count). The molecule has 0 saturated heterocycles. The fourth-order valence-electron chi connectivity index (χ4n) is 2.51. The van der Waals surface area contributed by atoms with E-state index in [-0.39, 0.29) is 29.6 Å². The number of carbonyl (C=O) groups excluding carboxylic acids is 1. The summed E-state index contributed by atoms with van der Waals surface area (Å²) < 4.78 is 16.1. The highest BCUT2D eigenvalue weighted by Gasteiger charge is 2.16. The Hall–Kier alpha value is -3.52. The number of amides is 1. The Labute approximate surface area is 171 Å². The first-order valence-corrected chi connectivity index (χ1v) is 8.95. The number of rotatable bonds is 8. The van der Waals surface area contributed by atoms with Gasteiger partial charge in [0.2, 0.25) is 0 Å². The van der Waals surface area contributed by atoms with Gasteiger partial charge in [0.15, 0.2) is 5.76 Å². The van der Waals surface area contributed by atoms with Crippen LogP contribution in [-0.4, -0.2) is 31.1 Å². The van der Waals surface area contributed by atoms with Crippen LogP contribution < -0.4 is 14.8 Å². The van der Waals surface area contributed by atoms with Crippen molar-refractivity contribution in [2.45, 2.75) is 0 Å². The summed E-state index contributed by atoms with van der Waals surface area (Å²) in [4.78, 5) is 22.5. The Bertz CT molecular complexity index is 1020. The minimum atomic E-state index is -0.537. The van der Waals surface area contributed by atoms with E-state index in [1.54, 1.807) is 37.4 Å². The van der Waals surface area contributed by atoms with Crippen LogP contribution in [0.2, 0.25) is 5.02 Å². The number of nitrogens with one attached hydrogen (secondary N) is 1. The molecule has 29 heavy (non-hydrogen) atoms. The average molecular weight is 417 g/mol. The number of nitrogens with zero attached hydrogens (tertiary/aromatic N) is 1. The van der Waals surface area contributed by atoms with Crippen molar-refractivity contribution in [3.63, 3.8) is 0 Å². The van der Waals surface area contributed by atoms with Crippen LogP contribution in [0.3, 0.4) is 0 Å². The second-order valence-corrected chi connectivity index (χ2v) is 6.27. The molecule has 8 nitrogen and oxygen atoms in total. The molecule has 1 amide bonds. The van der Waals surface area contributed by atoms with Gasteiger partial charge in [0, 0.05) is 17.7 Å². The quantitative estimate of drug-likeness (QED) is 0.333.